The molecule has 1 N–H and O–H groups in total. The molecule has 2 aromatic rings. The maximum Gasteiger partial charge on any atom is 0.262 e. The van der Waals surface area contributed by atoms with Crippen molar-refractivity contribution in [2.75, 3.05) is 11.9 Å². The van der Waals surface area contributed by atoms with Gasteiger partial charge in [-0.2, -0.15) is 0 Å². The fourth-order valence-electron chi connectivity index (χ4n) is 1.53. The van der Waals surface area contributed by atoms with E-state index in [9.17, 15) is 4.79 Å². The molecule has 110 valence electrons. The molecule has 1 amide bonds. The van der Waals surface area contributed by atoms with Crippen LogP contribution in [0.3, 0.4) is 0 Å². The van der Waals surface area contributed by atoms with Crippen LogP contribution in [-0.4, -0.2) is 12.5 Å². The fraction of sp³-hybridized carbons (Fsp3) is 0.0714. The molecule has 3 nitrogen and oxygen atoms in total. The van der Waals surface area contributed by atoms with Gasteiger partial charge in [-0.1, -0.05) is 23.2 Å². The number of hydrogen-bond donors (Lipinski definition) is 1. The van der Waals surface area contributed by atoms with Gasteiger partial charge in [0.2, 0.25) is 0 Å². The summed E-state index contributed by atoms with van der Waals surface area (Å²) in [5.74, 6) is 0.118. The summed E-state index contributed by atoms with van der Waals surface area (Å²) >= 11 is 17.4. The third-order valence-electron chi connectivity index (χ3n) is 2.44. The van der Waals surface area contributed by atoms with Gasteiger partial charge in [0.15, 0.2) is 12.4 Å². The summed E-state index contributed by atoms with van der Waals surface area (Å²) in [6, 6.07) is 10.7. The lowest BCUT2D eigenvalue weighted by atomic mass is 10.3. The van der Waals surface area contributed by atoms with Crippen molar-refractivity contribution < 1.29 is 9.53 Å². The van der Waals surface area contributed by atoms with Crippen LogP contribution in [0.2, 0.25) is 10.0 Å². The van der Waals surface area contributed by atoms with Crippen molar-refractivity contribution >= 4 is 73.3 Å². The number of ether oxygens (including phenoxy) is 1. The van der Waals surface area contributed by atoms with Crippen LogP contribution in [0.1, 0.15) is 0 Å². The van der Waals surface area contributed by atoms with Crippen molar-refractivity contribution in [2.45, 2.75) is 0 Å². The van der Waals surface area contributed by atoms with Gasteiger partial charge in [-0.05, 0) is 74.9 Å². The second-order valence-corrected chi connectivity index (χ2v) is 6.99. The van der Waals surface area contributed by atoms with E-state index in [1.54, 1.807) is 12.1 Å². The number of anilines is 1. The highest BCUT2D eigenvalue weighted by Gasteiger charge is 2.11. The number of carbonyl (C=O) groups is 1. The summed E-state index contributed by atoms with van der Waals surface area (Å²) < 4.78 is 7.12. The number of carbonyl (C=O) groups excluding carboxylic acids is 1. The molecule has 0 aliphatic carbocycles. The molecule has 0 saturated heterocycles. The maximum absolute atomic E-state index is 11.8. The zero-order valence-electron chi connectivity index (χ0n) is 10.5. The van der Waals surface area contributed by atoms with Crippen molar-refractivity contribution in [1.29, 1.82) is 0 Å². The first-order valence-corrected chi connectivity index (χ1v) is 8.41. The van der Waals surface area contributed by atoms with Crippen molar-refractivity contribution in [3.63, 3.8) is 0 Å². The van der Waals surface area contributed by atoms with Crippen molar-refractivity contribution in [3.05, 3.63) is 54.5 Å². The Labute approximate surface area is 154 Å². The average molecular weight is 501 g/mol. The largest absolute Gasteiger partial charge is 0.481 e. The molecule has 0 unspecified atom stereocenters. The normalized spacial score (nSPS) is 10.3. The number of benzene rings is 2. The molecule has 0 heterocycles. The van der Waals surface area contributed by atoms with Gasteiger partial charge < -0.3 is 10.1 Å². The topological polar surface area (TPSA) is 38.3 Å². The average Bonchev–Trinajstić information content (AvgIpc) is 2.40. The Morgan fingerprint density at radius 3 is 2.52 bits per heavy atom. The molecule has 0 bridgehead atoms. The van der Waals surface area contributed by atoms with E-state index in [1.165, 1.54) is 0 Å². The van der Waals surface area contributed by atoms with Gasteiger partial charge in [0, 0.05) is 14.3 Å². The first kappa shape index (κ1) is 16.9. The van der Waals surface area contributed by atoms with Crippen molar-refractivity contribution in [2.24, 2.45) is 0 Å². The van der Waals surface area contributed by atoms with E-state index in [-0.39, 0.29) is 12.5 Å². The smallest absolute Gasteiger partial charge is 0.262 e. The second kappa shape index (κ2) is 7.67. The van der Waals surface area contributed by atoms with Gasteiger partial charge in [0.05, 0.1) is 9.50 Å². The number of hydrogen-bond acceptors (Lipinski definition) is 2. The molecule has 0 aliphatic heterocycles. The summed E-state index contributed by atoms with van der Waals surface area (Å²) in [5.41, 5.74) is 0.713. The molecule has 2 aromatic carbocycles. The molecule has 21 heavy (non-hydrogen) atoms. The van der Waals surface area contributed by atoms with Gasteiger partial charge >= 0.3 is 0 Å². The van der Waals surface area contributed by atoms with Crippen LogP contribution in [0.4, 0.5) is 5.69 Å². The Morgan fingerprint density at radius 1 is 1.24 bits per heavy atom. The summed E-state index contributed by atoms with van der Waals surface area (Å²) in [6.45, 7) is -0.147. The fourth-order valence-corrected chi connectivity index (χ4v) is 3.26. The van der Waals surface area contributed by atoms with Crippen LogP contribution in [-0.2, 0) is 4.79 Å². The van der Waals surface area contributed by atoms with Crippen LogP contribution in [0.25, 0.3) is 0 Å². The lowest BCUT2D eigenvalue weighted by molar-refractivity contribution is -0.118. The Bertz CT molecular complexity index is 642. The summed E-state index contributed by atoms with van der Waals surface area (Å²) in [4.78, 5) is 11.8. The SMILES string of the molecule is O=C(COc1c(Cl)cc(Cl)cc1Br)Nc1ccc(I)cc1. The predicted octanol–water partition coefficient (Wildman–Crippen LogP) is 5.38. The minimum atomic E-state index is -0.269. The highest BCUT2D eigenvalue weighted by molar-refractivity contribution is 14.1. The molecular weight excluding hydrogens is 492 g/mol. The lowest BCUT2D eigenvalue weighted by Gasteiger charge is -2.11. The van der Waals surface area contributed by atoms with E-state index < -0.39 is 0 Å². The van der Waals surface area contributed by atoms with Crippen LogP contribution in [0.15, 0.2) is 40.9 Å². The van der Waals surface area contributed by atoms with E-state index in [0.717, 1.165) is 3.57 Å². The quantitative estimate of drug-likeness (QED) is 0.573. The van der Waals surface area contributed by atoms with Crippen molar-refractivity contribution in [1.82, 2.24) is 0 Å². The third-order valence-corrected chi connectivity index (χ3v) is 4.25. The van der Waals surface area contributed by atoms with Gasteiger partial charge in [-0.15, -0.1) is 0 Å². The van der Waals surface area contributed by atoms with E-state index in [4.69, 9.17) is 27.9 Å². The molecule has 2 rings (SSSR count). The molecule has 0 atom stereocenters. The Kier molecular flexibility index (Phi) is 6.16. The Balaban J connectivity index is 1.97. The molecule has 0 radical (unpaired) electrons. The van der Waals surface area contributed by atoms with E-state index >= 15 is 0 Å². The highest BCUT2D eigenvalue weighted by atomic mass is 127. The molecule has 0 aliphatic rings. The number of nitrogens with one attached hydrogen (secondary N) is 1. The van der Waals surface area contributed by atoms with E-state index in [2.05, 4.69) is 43.8 Å². The van der Waals surface area contributed by atoms with Crippen LogP contribution in [0, 0.1) is 3.57 Å². The Morgan fingerprint density at radius 2 is 1.90 bits per heavy atom. The highest BCUT2D eigenvalue weighted by Crippen LogP contribution is 2.35. The number of rotatable bonds is 4. The van der Waals surface area contributed by atoms with Crippen LogP contribution >= 0.6 is 61.7 Å². The summed E-state index contributed by atoms with van der Waals surface area (Å²) in [5, 5.41) is 3.57. The third kappa shape index (κ3) is 5.02. The second-order valence-electron chi connectivity index (χ2n) is 4.04. The zero-order valence-corrected chi connectivity index (χ0v) is 15.8. The monoisotopic (exact) mass is 499 g/mol. The standard InChI is InChI=1S/C14H9BrCl2INO2/c15-11-5-8(16)6-12(17)14(11)21-7-13(20)19-10-3-1-9(18)2-4-10/h1-6H,7H2,(H,19,20). The summed E-state index contributed by atoms with van der Waals surface area (Å²) in [6.07, 6.45) is 0. The predicted molar refractivity (Wildman–Crippen MR) is 97.4 cm³/mol. The maximum atomic E-state index is 11.8. The summed E-state index contributed by atoms with van der Waals surface area (Å²) in [7, 11) is 0. The van der Waals surface area contributed by atoms with E-state index in [0.29, 0.717) is 26.0 Å². The van der Waals surface area contributed by atoms with Crippen molar-refractivity contribution in [3.8, 4) is 5.75 Å². The van der Waals surface area contributed by atoms with Gasteiger partial charge in [-0.3, -0.25) is 4.79 Å². The Hall–Kier alpha value is -0.500. The molecule has 7 heteroatoms. The first-order valence-electron chi connectivity index (χ1n) is 5.78. The zero-order chi connectivity index (χ0) is 15.4. The minimum absolute atomic E-state index is 0.147. The number of amides is 1. The number of halogens is 4. The molecule has 0 aromatic heterocycles. The van der Waals surface area contributed by atoms with E-state index in [1.807, 2.05) is 24.3 Å². The lowest BCUT2D eigenvalue weighted by Crippen LogP contribution is -2.20. The van der Waals surface area contributed by atoms with Crippen LogP contribution < -0.4 is 10.1 Å². The van der Waals surface area contributed by atoms with Gasteiger partial charge in [0.1, 0.15) is 0 Å². The molecule has 0 saturated carbocycles. The van der Waals surface area contributed by atoms with Gasteiger partial charge in [0.25, 0.3) is 5.91 Å². The van der Waals surface area contributed by atoms with Gasteiger partial charge in [-0.25, -0.2) is 0 Å². The van der Waals surface area contributed by atoms with Crippen LogP contribution in [0.5, 0.6) is 5.75 Å². The molecule has 0 spiro atoms. The minimum Gasteiger partial charge on any atom is -0.481 e. The molecule has 0 fully saturated rings. The molecular formula is C14H9BrCl2INO2. The first-order chi connectivity index (χ1) is 9.95.